The predicted octanol–water partition coefficient (Wildman–Crippen LogP) is 12.6. The molecule has 2 saturated heterocycles. The Bertz CT molecular complexity index is 4020. The van der Waals surface area contributed by atoms with E-state index in [4.69, 9.17) is 61.6 Å². The molecule has 3 amide bonds. The molecule has 0 aliphatic carbocycles. The van der Waals surface area contributed by atoms with Crippen LogP contribution in [0.25, 0.3) is 0 Å². The van der Waals surface area contributed by atoms with Crippen LogP contribution < -0.4 is 16.0 Å². The van der Waals surface area contributed by atoms with E-state index in [-0.39, 0.29) is 72.7 Å². The largest absolute Gasteiger partial charge is 0.459 e. The van der Waals surface area contributed by atoms with Gasteiger partial charge in [0, 0.05) is 0 Å². The highest BCUT2D eigenvalue weighted by atomic mass is 16.8. The first-order chi connectivity index (χ1) is 52.0. The Hall–Kier alpha value is -9.78. The normalized spacial score (nSPS) is 21.1. The number of carbonyl (C=O) groups is 4. The van der Waals surface area contributed by atoms with Gasteiger partial charge in [0.15, 0.2) is 12.6 Å². The Balaban J connectivity index is 0.999. The molecule has 2 aliphatic rings. The van der Waals surface area contributed by atoms with Crippen molar-refractivity contribution in [3.63, 3.8) is 0 Å². The van der Waals surface area contributed by atoms with Gasteiger partial charge in [-0.1, -0.05) is 273 Å². The predicted molar refractivity (Wildman–Crippen MR) is 395 cm³/mol. The highest BCUT2D eigenvalue weighted by molar-refractivity contribution is 5.93. The zero-order chi connectivity index (χ0) is 73.5. The van der Waals surface area contributed by atoms with Crippen molar-refractivity contribution in [1.82, 2.24) is 16.0 Å². The maximum Gasteiger partial charge on any atom is 0.408 e. The van der Waals surface area contributed by atoms with Gasteiger partial charge in [-0.2, -0.15) is 0 Å². The number of carbonyl (C=O) groups excluding carboxylic acids is 4. The third-order valence-electron chi connectivity index (χ3n) is 18.0. The highest BCUT2D eigenvalue weighted by Gasteiger charge is 2.56. The minimum absolute atomic E-state index is 0.00120. The number of hydrogen-bond acceptors (Lipinski definition) is 17. The first-order valence-electron chi connectivity index (χ1n) is 35.9. The molecule has 554 valence electrons. The van der Waals surface area contributed by atoms with Crippen molar-refractivity contribution in [3.05, 3.63) is 323 Å². The fraction of sp³-hybridized carbons (Fsp3) is 0.326. The first kappa shape index (κ1) is 77.3. The molecule has 0 radical (unpaired) electrons. The molecular weight excluding hydrogens is 1350 g/mol. The van der Waals surface area contributed by atoms with Crippen molar-refractivity contribution < 1.29 is 80.8 Å². The van der Waals surface area contributed by atoms with Crippen LogP contribution in [0, 0.1) is 0 Å². The molecule has 0 spiro atoms. The Morgan fingerprint density at radius 1 is 0.321 bits per heavy atom. The summed E-state index contributed by atoms with van der Waals surface area (Å²) in [5, 5.41) is 8.15. The third-order valence-corrected chi connectivity index (χ3v) is 18.0. The zero-order valence-corrected chi connectivity index (χ0v) is 59.8. The van der Waals surface area contributed by atoms with Gasteiger partial charge in [-0.3, -0.25) is 9.59 Å². The maximum atomic E-state index is 15.2. The Morgan fingerprint density at radius 2 is 0.632 bits per heavy atom. The Labute approximate surface area is 619 Å². The van der Waals surface area contributed by atoms with Crippen molar-refractivity contribution >= 4 is 23.9 Å². The molecule has 9 aromatic carbocycles. The lowest BCUT2D eigenvalue weighted by atomic mass is 9.95. The molecule has 9 aromatic rings. The number of nitrogens with one attached hydrogen (secondary N) is 3. The molecule has 14 atom stereocenters. The topological polar surface area (TPSA) is 224 Å². The number of rotatable bonds is 38. The molecule has 0 aromatic heterocycles. The molecule has 0 saturated carbocycles. The standard InChI is InChI=1S/C86H93N3O17/c1-60(88-86(93)102-57-71-47-29-12-30-48-71)81(90)89-74(82(91)87-61(2)83(92)101-56-70-45-27-11-28-46-70)62(3)103-84-80(100-55-69-43-25-10-26-44-69)78(76(97-52-66-37-19-7-20-38-66)73(104-84)59-95-50-64-33-15-5-16-34-64)106-85-79(99-54-68-41-23-9-24-42-68)77(98-53-67-39-21-8-22-40-67)75(96-51-65-35-17-6-18-36-65)72(105-85)58-94-49-63-31-13-4-14-32-63/h4-48,60-62,72-80,84-85H,49-59H2,1-3H3,(H,87,91)(H,88,93)(H,89,90)/t60-,61-,62+,72+,73+,74-,75-,76-,77-,78-,79+,80+,84-,85-/m0/s1. The van der Waals surface area contributed by atoms with Crippen LogP contribution in [0.2, 0.25) is 0 Å². The van der Waals surface area contributed by atoms with Gasteiger partial charge in [0.05, 0.1) is 65.6 Å². The van der Waals surface area contributed by atoms with Crippen molar-refractivity contribution in [1.29, 1.82) is 0 Å². The average molecular weight is 1440 g/mol. The van der Waals surface area contributed by atoms with E-state index in [1.807, 2.05) is 261 Å². The van der Waals surface area contributed by atoms with Crippen LogP contribution in [0.5, 0.6) is 0 Å². The van der Waals surface area contributed by atoms with Gasteiger partial charge >= 0.3 is 12.1 Å². The van der Waals surface area contributed by atoms with Crippen LogP contribution in [-0.4, -0.2) is 123 Å². The van der Waals surface area contributed by atoms with Gasteiger partial charge in [-0.05, 0) is 70.8 Å². The SMILES string of the molecule is C[C@H](NC(=O)OCc1ccccc1)C(=O)N[C@H](C(=O)N[C@@H](C)C(=O)OCc1ccccc1)[C@@H](C)O[C@H]1O[C@H](COCc2ccccc2)[C@H](OCc2ccccc2)[C@H](O[C@@H]2O[C@H](COCc3ccccc3)[C@H](OCc3ccccc3)[C@H](OCc3ccccc3)[C@H]2OCc2ccccc2)[C@H]1OCc1ccccc1. The number of ether oxygens (including phenoxy) is 13. The zero-order valence-electron chi connectivity index (χ0n) is 59.8. The molecule has 2 heterocycles. The second-order valence-corrected chi connectivity index (χ2v) is 26.1. The lowest BCUT2D eigenvalue weighted by Crippen LogP contribution is -2.67. The van der Waals surface area contributed by atoms with Crippen LogP contribution in [0.3, 0.4) is 0 Å². The van der Waals surface area contributed by atoms with E-state index < -0.39 is 110 Å². The Morgan fingerprint density at radius 3 is 1.02 bits per heavy atom. The minimum atomic E-state index is -1.62. The van der Waals surface area contributed by atoms with E-state index >= 15 is 4.79 Å². The molecule has 2 fully saturated rings. The van der Waals surface area contributed by atoms with Crippen LogP contribution in [-0.2, 0) is 135 Å². The smallest absolute Gasteiger partial charge is 0.408 e. The number of amides is 3. The molecule has 0 unspecified atom stereocenters. The third kappa shape index (κ3) is 23.9. The second-order valence-electron chi connectivity index (χ2n) is 26.1. The second kappa shape index (κ2) is 41.2. The van der Waals surface area contributed by atoms with Crippen molar-refractivity contribution in [2.24, 2.45) is 0 Å². The minimum Gasteiger partial charge on any atom is -0.459 e. The molecule has 20 heteroatoms. The fourth-order valence-electron chi connectivity index (χ4n) is 12.3. The van der Waals surface area contributed by atoms with Crippen LogP contribution in [0.1, 0.15) is 70.8 Å². The molecule has 0 bridgehead atoms. The summed E-state index contributed by atoms with van der Waals surface area (Å²) in [5.41, 5.74) is 7.53. The molecule has 106 heavy (non-hydrogen) atoms. The average Bonchev–Trinajstić information content (AvgIpc) is 0.765. The summed E-state index contributed by atoms with van der Waals surface area (Å²) in [5.74, 6) is -2.40. The number of hydrogen-bond donors (Lipinski definition) is 3. The summed E-state index contributed by atoms with van der Waals surface area (Å²) in [4.78, 5) is 56.9. The van der Waals surface area contributed by atoms with Crippen molar-refractivity contribution in [3.8, 4) is 0 Å². The number of alkyl carbamates (subject to hydrolysis) is 1. The van der Waals surface area contributed by atoms with Crippen LogP contribution in [0.15, 0.2) is 273 Å². The van der Waals surface area contributed by atoms with E-state index in [0.717, 1.165) is 50.1 Å². The van der Waals surface area contributed by atoms with Crippen LogP contribution in [0.4, 0.5) is 4.79 Å². The molecule has 3 N–H and O–H groups in total. The fourth-order valence-corrected chi connectivity index (χ4v) is 12.3. The van der Waals surface area contributed by atoms with Gasteiger partial charge in [0.1, 0.15) is 80.2 Å². The Kier molecular flexibility index (Phi) is 30.1. The molecule has 11 rings (SSSR count). The summed E-state index contributed by atoms with van der Waals surface area (Å²) >= 11 is 0. The first-order valence-corrected chi connectivity index (χ1v) is 35.9. The van der Waals surface area contributed by atoms with Crippen molar-refractivity contribution in [2.45, 2.75) is 166 Å². The van der Waals surface area contributed by atoms with Gasteiger partial charge in [0.25, 0.3) is 0 Å². The molecule has 2 aliphatic heterocycles. The van der Waals surface area contributed by atoms with Gasteiger partial charge in [-0.15, -0.1) is 0 Å². The maximum absolute atomic E-state index is 15.2. The van der Waals surface area contributed by atoms with E-state index in [2.05, 4.69) is 16.0 Å². The monoisotopic (exact) mass is 1440 g/mol. The lowest BCUT2D eigenvalue weighted by Gasteiger charge is -2.50. The van der Waals surface area contributed by atoms with Gasteiger partial charge in [0.2, 0.25) is 11.8 Å². The van der Waals surface area contributed by atoms with Gasteiger partial charge < -0.3 is 77.5 Å². The molecular formula is C86H93N3O17. The van der Waals surface area contributed by atoms with Gasteiger partial charge in [-0.25, -0.2) is 9.59 Å². The summed E-state index contributed by atoms with van der Waals surface area (Å²) < 4.78 is 90.1. The summed E-state index contributed by atoms with van der Waals surface area (Å²) in [6, 6.07) is 82.2. The number of benzene rings is 9. The van der Waals surface area contributed by atoms with Crippen LogP contribution >= 0.6 is 0 Å². The summed E-state index contributed by atoms with van der Waals surface area (Å²) in [6.07, 6.45) is -13.7. The van der Waals surface area contributed by atoms with E-state index in [9.17, 15) is 14.4 Å². The summed E-state index contributed by atoms with van der Waals surface area (Å²) in [7, 11) is 0. The van der Waals surface area contributed by atoms with E-state index in [1.165, 1.54) is 13.8 Å². The lowest BCUT2D eigenvalue weighted by molar-refractivity contribution is -0.381. The quantitative estimate of drug-likeness (QED) is 0.0306. The highest BCUT2D eigenvalue weighted by Crippen LogP contribution is 2.38. The number of esters is 1. The van der Waals surface area contributed by atoms with Crippen molar-refractivity contribution in [2.75, 3.05) is 13.2 Å². The van der Waals surface area contributed by atoms with E-state index in [1.54, 1.807) is 19.1 Å². The molecule has 20 nitrogen and oxygen atoms in total. The van der Waals surface area contributed by atoms with E-state index in [0.29, 0.717) is 0 Å². The summed E-state index contributed by atoms with van der Waals surface area (Å²) in [6.45, 7) is 5.03.